The Morgan fingerprint density at radius 2 is 1.88 bits per heavy atom. The average Bonchev–Trinajstić information content (AvgIpc) is 3.08. The molecule has 4 aliphatic carbocycles. The number of fused-ring (bicyclic) bond motifs is 5. The topological polar surface area (TPSA) is 66.8 Å². The van der Waals surface area contributed by atoms with E-state index in [0.29, 0.717) is 17.8 Å². The third-order valence-corrected chi connectivity index (χ3v) is 10.9. The van der Waals surface area contributed by atoms with Gasteiger partial charge in [0.2, 0.25) is 0 Å². The number of hydrogen-bond acceptors (Lipinski definition) is 4. The van der Waals surface area contributed by atoms with Gasteiger partial charge in [-0.1, -0.05) is 32.4 Å². The molecule has 0 aromatic heterocycles. The smallest absolute Gasteiger partial charge is 0.302 e. The zero-order valence-electron chi connectivity index (χ0n) is 21.9. The highest BCUT2D eigenvalue weighted by molar-refractivity contribution is 5.66. The Morgan fingerprint density at radius 1 is 1.15 bits per heavy atom. The standard InChI is InChI=1S/C29H48O4/c1-18(7-12-26(31)27(3,4)32)23-10-11-24-22-9-8-20-17-21(33-19(2)30)13-15-28(20,5)25(22)14-16-29(23,24)6/h8,18,21-26,31-32H,7,9-17H2,1-6H3/t18-,21?,22+,23-,24+,25+,26?,28+,29-/m1/s1. The number of esters is 1. The summed E-state index contributed by atoms with van der Waals surface area (Å²) in [7, 11) is 0. The van der Waals surface area contributed by atoms with E-state index in [2.05, 4.69) is 26.8 Å². The van der Waals surface area contributed by atoms with Gasteiger partial charge in [-0.05, 0) is 112 Å². The van der Waals surface area contributed by atoms with Crippen LogP contribution in [0.15, 0.2) is 11.6 Å². The van der Waals surface area contributed by atoms with Gasteiger partial charge in [0.15, 0.2) is 0 Å². The van der Waals surface area contributed by atoms with Gasteiger partial charge >= 0.3 is 5.97 Å². The van der Waals surface area contributed by atoms with Gasteiger partial charge in [0.05, 0.1) is 11.7 Å². The number of aliphatic hydroxyl groups is 2. The fourth-order valence-electron chi connectivity index (χ4n) is 8.91. The maximum atomic E-state index is 11.5. The van der Waals surface area contributed by atoms with Crippen molar-refractivity contribution in [2.75, 3.05) is 0 Å². The molecule has 4 aliphatic rings. The molecular formula is C29H48O4. The predicted molar refractivity (Wildman–Crippen MR) is 131 cm³/mol. The maximum absolute atomic E-state index is 11.5. The molecule has 3 fully saturated rings. The molecule has 0 amide bonds. The molecule has 0 aromatic rings. The van der Waals surface area contributed by atoms with Crippen LogP contribution in [0.1, 0.15) is 106 Å². The minimum Gasteiger partial charge on any atom is -0.462 e. The van der Waals surface area contributed by atoms with Gasteiger partial charge < -0.3 is 14.9 Å². The molecule has 4 rings (SSSR count). The first-order chi connectivity index (χ1) is 15.4. The second kappa shape index (κ2) is 8.97. The van der Waals surface area contributed by atoms with Crippen molar-refractivity contribution in [3.05, 3.63) is 11.6 Å². The molecule has 0 aliphatic heterocycles. The number of allylic oxidation sites excluding steroid dienone is 1. The van der Waals surface area contributed by atoms with Crippen LogP contribution in [-0.2, 0) is 9.53 Å². The lowest BCUT2D eigenvalue weighted by Crippen LogP contribution is -2.51. The van der Waals surface area contributed by atoms with Crippen LogP contribution in [0, 0.1) is 40.4 Å². The number of aliphatic hydroxyl groups excluding tert-OH is 1. The van der Waals surface area contributed by atoms with Gasteiger partial charge in [-0.2, -0.15) is 0 Å². The first-order valence-corrected chi connectivity index (χ1v) is 13.6. The minimum atomic E-state index is -1.02. The molecule has 3 saturated carbocycles. The normalized spacial score (nSPS) is 42.4. The second-order valence-corrected chi connectivity index (χ2v) is 13.2. The van der Waals surface area contributed by atoms with E-state index < -0.39 is 11.7 Å². The number of rotatable bonds is 6. The Morgan fingerprint density at radius 3 is 2.55 bits per heavy atom. The van der Waals surface area contributed by atoms with Crippen LogP contribution in [0.5, 0.6) is 0 Å². The fraction of sp³-hybridized carbons (Fsp3) is 0.897. The van der Waals surface area contributed by atoms with Crippen LogP contribution in [0.25, 0.3) is 0 Å². The lowest BCUT2D eigenvalue weighted by Gasteiger charge is -2.58. The summed E-state index contributed by atoms with van der Waals surface area (Å²) in [6, 6.07) is 0. The van der Waals surface area contributed by atoms with Gasteiger partial charge in [-0.3, -0.25) is 4.79 Å². The van der Waals surface area contributed by atoms with Crippen molar-refractivity contribution >= 4 is 5.97 Å². The molecule has 2 unspecified atom stereocenters. The lowest BCUT2D eigenvalue weighted by atomic mass is 9.47. The van der Waals surface area contributed by atoms with Crippen molar-refractivity contribution in [1.29, 1.82) is 0 Å². The highest BCUT2D eigenvalue weighted by atomic mass is 16.5. The highest BCUT2D eigenvalue weighted by Gasteiger charge is 2.59. The number of carbonyl (C=O) groups is 1. The largest absolute Gasteiger partial charge is 0.462 e. The first kappa shape index (κ1) is 25.2. The van der Waals surface area contributed by atoms with Crippen molar-refractivity contribution in [1.82, 2.24) is 0 Å². The van der Waals surface area contributed by atoms with Crippen molar-refractivity contribution in [2.24, 2.45) is 40.4 Å². The Bertz CT molecular complexity index is 766. The molecule has 2 N–H and O–H groups in total. The lowest BCUT2D eigenvalue weighted by molar-refractivity contribution is -0.148. The molecule has 0 heterocycles. The number of ether oxygens (including phenoxy) is 1. The summed E-state index contributed by atoms with van der Waals surface area (Å²) in [5, 5.41) is 20.5. The SMILES string of the molecule is CC(=O)OC1CC[C@@]2(C)C(=CC[C@H]3[C@@H]4CC[C@H]([C@H](C)CCC(O)C(C)(C)O)[C@@]4(C)CC[C@@H]32)C1. The fourth-order valence-corrected chi connectivity index (χ4v) is 8.91. The van der Waals surface area contributed by atoms with Gasteiger partial charge in [0, 0.05) is 13.3 Å². The molecule has 0 aromatic carbocycles. The van der Waals surface area contributed by atoms with E-state index in [9.17, 15) is 15.0 Å². The summed E-state index contributed by atoms with van der Waals surface area (Å²) in [5.41, 5.74) is 1.22. The number of carbonyl (C=O) groups excluding carboxylic acids is 1. The Balaban J connectivity index is 1.46. The first-order valence-electron chi connectivity index (χ1n) is 13.6. The van der Waals surface area contributed by atoms with Gasteiger partial charge in [-0.15, -0.1) is 0 Å². The molecule has 0 bridgehead atoms. The Kier molecular flexibility index (Phi) is 6.86. The zero-order valence-corrected chi connectivity index (χ0v) is 21.9. The Hall–Kier alpha value is -0.870. The van der Waals surface area contributed by atoms with Crippen LogP contribution < -0.4 is 0 Å². The quantitative estimate of drug-likeness (QED) is 0.374. The average molecular weight is 461 g/mol. The van der Waals surface area contributed by atoms with Crippen molar-refractivity contribution < 1.29 is 19.7 Å². The van der Waals surface area contributed by atoms with Gasteiger partial charge in [-0.25, -0.2) is 0 Å². The van der Waals surface area contributed by atoms with Crippen LogP contribution in [-0.4, -0.2) is 34.0 Å². The third kappa shape index (κ3) is 4.56. The van der Waals surface area contributed by atoms with E-state index in [4.69, 9.17) is 4.74 Å². The molecule has 188 valence electrons. The van der Waals surface area contributed by atoms with E-state index in [0.717, 1.165) is 49.4 Å². The van der Waals surface area contributed by atoms with E-state index >= 15 is 0 Å². The van der Waals surface area contributed by atoms with Crippen LogP contribution >= 0.6 is 0 Å². The summed E-state index contributed by atoms with van der Waals surface area (Å²) in [6.07, 6.45) is 13.2. The van der Waals surface area contributed by atoms with Crippen LogP contribution in [0.3, 0.4) is 0 Å². The Labute approximate surface area is 201 Å². The van der Waals surface area contributed by atoms with Crippen LogP contribution in [0.4, 0.5) is 0 Å². The van der Waals surface area contributed by atoms with Gasteiger partial charge in [0.1, 0.15) is 6.10 Å². The highest BCUT2D eigenvalue weighted by Crippen LogP contribution is 2.67. The monoisotopic (exact) mass is 460 g/mol. The maximum Gasteiger partial charge on any atom is 0.302 e. The minimum absolute atomic E-state index is 0.0724. The predicted octanol–water partition coefficient (Wildman–Crippen LogP) is 6.05. The molecule has 4 nitrogen and oxygen atoms in total. The summed E-state index contributed by atoms with van der Waals surface area (Å²) in [5.74, 6) is 3.49. The molecular weight excluding hydrogens is 412 g/mol. The van der Waals surface area contributed by atoms with Gasteiger partial charge in [0.25, 0.3) is 0 Å². The molecule has 33 heavy (non-hydrogen) atoms. The summed E-state index contributed by atoms with van der Waals surface area (Å²) >= 11 is 0. The van der Waals surface area contributed by atoms with E-state index in [1.165, 1.54) is 39.0 Å². The zero-order chi connectivity index (χ0) is 24.2. The molecule has 0 saturated heterocycles. The van der Waals surface area contributed by atoms with E-state index in [1.807, 2.05) is 0 Å². The van der Waals surface area contributed by atoms with Crippen molar-refractivity contribution in [3.63, 3.8) is 0 Å². The van der Waals surface area contributed by atoms with Crippen LogP contribution in [0.2, 0.25) is 0 Å². The molecule has 0 spiro atoms. The molecule has 0 radical (unpaired) electrons. The summed E-state index contributed by atoms with van der Waals surface area (Å²) in [6.45, 7) is 12.4. The molecule has 4 heteroatoms. The van der Waals surface area contributed by atoms with E-state index in [-0.39, 0.29) is 17.5 Å². The number of hydrogen-bond donors (Lipinski definition) is 2. The summed E-state index contributed by atoms with van der Waals surface area (Å²) < 4.78 is 5.59. The van der Waals surface area contributed by atoms with Crippen molar-refractivity contribution in [3.8, 4) is 0 Å². The van der Waals surface area contributed by atoms with Crippen molar-refractivity contribution in [2.45, 2.75) is 124 Å². The van der Waals surface area contributed by atoms with E-state index in [1.54, 1.807) is 19.4 Å². The molecule has 9 atom stereocenters. The second-order valence-electron chi connectivity index (χ2n) is 13.2. The summed E-state index contributed by atoms with van der Waals surface area (Å²) in [4.78, 5) is 11.5. The third-order valence-electron chi connectivity index (χ3n) is 10.9.